The molecule has 0 saturated carbocycles. The number of carbonyl (C=O) groups is 1. The number of hydrogen-bond acceptors (Lipinski definition) is 6. The normalized spacial score (nSPS) is 12.3. The van der Waals surface area contributed by atoms with E-state index in [1.54, 1.807) is 55.5 Å². The van der Waals surface area contributed by atoms with E-state index in [0.29, 0.717) is 17.2 Å². The molecule has 0 aromatic heterocycles. The molecule has 178 valence electrons. The fraction of sp³-hybridized carbons (Fsp3) is 0.240. The zero-order valence-electron chi connectivity index (χ0n) is 19.2. The number of benzene rings is 3. The molecule has 1 N–H and O–H groups in total. The first-order valence-corrected chi connectivity index (χ1v) is 12.1. The molecule has 3 aromatic carbocycles. The molecule has 0 radical (unpaired) electrons. The summed E-state index contributed by atoms with van der Waals surface area (Å²) in [4.78, 5) is 12.9. The van der Waals surface area contributed by atoms with Gasteiger partial charge in [0.1, 0.15) is 17.2 Å². The molecule has 0 aliphatic carbocycles. The minimum atomic E-state index is -4.11. The molecule has 0 unspecified atom stereocenters. The summed E-state index contributed by atoms with van der Waals surface area (Å²) in [7, 11) is -2.70. The van der Waals surface area contributed by atoms with Gasteiger partial charge >= 0.3 is 0 Å². The lowest BCUT2D eigenvalue weighted by Gasteiger charge is -2.25. The van der Waals surface area contributed by atoms with E-state index in [9.17, 15) is 13.2 Å². The first-order valence-electron chi connectivity index (χ1n) is 10.7. The van der Waals surface area contributed by atoms with Crippen molar-refractivity contribution < 1.29 is 27.4 Å². The lowest BCUT2D eigenvalue weighted by Crippen LogP contribution is -2.40. The Morgan fingerprint density at radius 3 is 2.53 bits per heavy atom. The maximum absolute atomic E-state index is 13.7. The molecule has 0 saturated heterocycles. The van der Waals surface area contributed by atoms with Crippen LogP contribution in [0.2, 0.25) is 0 Å². The molecule has 0 fully saturated rings. The van der Waals surface area contributed by atoms with Crippen LogP contribution in [0.25, 0.3) is 0 Å². The Balaban J connectivity index is 1.60. The van der Waals surface area contributed by atoms with Crippen LogP contribution in [0.4, 0.5) is 5.69 Å². The van der Waals surface area contributed by atoms with Crippen LogP contribution in [0.3, 0.4) is 0 Å². The molecule has 0 atom stereocenters. The van der Waals surface area contributed by atoms with Gasteiger partial charge in [0.15, 0.2) is 11.5 Å². The number of fused-ring (bicyclic) bond motifs is 1. The Bertz CT molecular complexity index is 1320. The highest BCUT2D eigenvalue weighted by Gasteiger charge is 2.30. The topological polar surface area (TPSA) is 94.2 Å². The van der Waals surface area contributed by atoms with Crippen LogP contribution in [0.5, 0.6) is 17.2 Å². The summed E-state index contributed by atoms with van der Waals surface area (Å²) in [6.45, 7) is 3.64. The maximum atomic E-state index is 13.7. The number of sulfonamides is 1. The number of hydrogen-bond donors (Lipinski definition) is 1. The zero-order valence-corrected chi connectivity index (χ0v) is 20.0. The van der Waals surface area contributed by atoms with Crippen molar-refractivity contribution in [3.63, 3.8) is 0 Å². The number of carbonyl (C=O) groups excluding carboxylic acids is 1. The standard InChI is InChI=1S/C25H26N2O6S/c1-17-5-4-6-20(11-17)27(34(29,30)24-12-18(2)7-9-22(24)31-3)15-25(28)26-14-19-8-10-21-23(13-19)33-16-32-21/h4-13H,14-16H2,1-3H3,(H,26,28). The Morgan fingerprint density at radius 2 is 1.76 bits per heavy atom. The molecule has 0 bridgehead atoms. The van der Waals surface area contributed by atoms with Gasteiger partial charge in [-0.05, 0) is 66.9 Å². The first kappa shape index (κ1) is 23.4. The minimum Gasteiger partial charge on any atom is -0.495 e. The predicted octanol–water partition coefficient (Wildman–Crippen LogP) is 3.55. The van der Waals surface area contributed by atoms with Gasteiger partial charge in [0, 0.05) is 6.54 Å². The zero-order chi connectivity index (χ0) is 24.3. The third-order valence-corrected chi connectivity index (χ3v) is 7.19. The average Bonchev–Trinajstić information content (AvgIpc) is 3.29. The van der Waals surface area contributed by atoms with Gasteiger partial charge < -0.3 is 19.5 Å². The molecule has 1 amide bonds. The Labute approximate surface area is 199 Å². The van der Waals surface area contributed by atoms with Crippen molar-refractivity contribution in [1.29, 1.82) is 0 Å². The van der Waals surface area contributed by atoms with E-state index in [-0.39, 0.29) is 24.0 Å². The van der Waals surface area contributed by atoms with E-state index in [1.165, 1.54) is 7.11 Å². The SMILES string of the molecule is COc1ccc(C)cc1S(=O)(=O)N(CC(=O)NCc1ccc2c(c1)OCO2)c1cccc(C)c1. The third-order valence-electron chi connectivity index (χ3n) is 5.39. The lowest BCUT2D eigenvalue weighted by molar-refractivity contribution is -0.119. The van der Waals surface area contributed by atoms with Crippen LogP contribution in [0.15, 0.2) is 65.6 Å². The van der Waals surface area contributed by atoms with E-state index < -0.39 is 22.5 Å². The predicted molar refractivity (Wildman–Crippen MR) is 128 cm³/mol. The Morgan fingerprint density at radius 1 is 1.00 bits per heavy atom. The summed E-state index contributed by atoms with van der Waals surface area (Å²) in [5, 5.41) is 2.80. The highest BCUT2D eigenvalue weighted by molar-refractivity contribution is 7.93. The van der Waals surface area contributed by atoms with Crippen LogP contribution in [0.1, 0.15) is 16.7 Å². The molecule has 4 rings (SSSR count). The second kappa shape index (κ2) is 9.64. The van der Waals surface area contributed by atoms with Gasteiger partial charge in [0.05, 0.1) is 12.8 Å². The van der Waals surface area contributed by atoms with E-state index in [4.69, 9.17) is 14.2 Å². The van der Waals surface area contributed by atoms with Crippen LogP contribution in [0, 0.1) is 13.8 Å². The number of amides is 1. The summed E-state index contributed by atoms with van der Waals surface area (Å²) in [6, 6.07) is 17.3. The van der Waals surface area contributed by atoms with Gasteiger partial charge in [-0.15, -0.1) is 0 Å². The number of ether oxygens (including phenoxy) is 3. The van der Waals surface area contributed by atoms with Crippen LogP contribution < -0.4 is 23.8 Å². The van der Waals surface area contributed by atoms with Crippen LogP contribution in [-0.4, -0.2) is 34.8 Å². The summed E-state index contributed by atoms with van der Waals surface area (Å²) in [6.07, 6.45) is 0. The van der Waals surface area contributed by atoms with Crippen LogP contribution in [-0.2, 0) is 21.4 Å². The van der Waals surface area contributed by atoms with E-state index in [2.05, 4.69) is 5.32 Å². The molecule has 8 nitrogen and oxygen atoms in total. The molecule has 9 heteroatoms. The summed E-state index contributed by atoms with van der Waals surface area (Å²) >= 11 is 0. The van der Waals surface area contributed by atoms with Crippen molar-refractivity contribution in [2.45, 2.75) is 25.3 Å². The maximum Gasteiger partial charge on any atom is 0.268 e. The quantitative estimate of drug-likeness (QED) is 0.528. The number of methoxy groups -OCH3 is 1. The Hall–Kier alpha value is -3.72. The van der Waals surface area contributed by atoms with Gasteiger partial charge in [-0.25, -0.2) is 8.42 Å². The summed E-state index contributed by atoms with van der Waals surface area (Å²) < 4.78 is 44.6. The van der Waals surface area contributed by atoms with Gasteiger partial charge in [0.2, 0.25) is 12.7 Å². The van der Waals surface area contributed by atoms with E-state index >= 15 is 0 Å². The second-order valence-electron chi connectivity index (χ2n) is 7.97. The van der Waals surface area contributed by atoms with Crippen molar-refractivity contribution in [3.8, 4) is 17.2 Å². The fourth-order valence-electron chi connectivity index (χ4n) is 3.64. The first-order chi connectivity index (χ1) is 16.3. The van der Waals surface area contributed by atoms with Crippen molar-refractivity contribution in [1.82, 2.24) is 5.32 Å². The number of aryl methyl sites for hydroxylation is 2. The highest BCUT2D eigenvalue weighted by Crippen LogP contribution is 2.33. The molecular weight excluding hydrogens is 456 g/mol. The molecule has 3 aromatic rings. The van der Waals surface area contributed by atoms with Gasteiger partial charge in [-0.2, -0.15) is 0 Å². The number of nitrogens with one attached hydrogen (secondary N) is 1. The van der Waals surface area contributed by atoms with E-state index in [1.807, 2.05) is 19.1 Å². The van der Waals surface area contributed by atoms with Crippen molar-refractivity contribution in [3.05, 3.63) is 77.4 Å². The van der Waals surface area contributed by atoms with Gasteiger partial charge in [-0.3, -0.25) is 9.10 Å². The van der Waals surface area contributed by atoms with Gasteiger partial charge in [0.25, 0.3) is 10.0 Å². The van der Waals surface area contributed by atoms with Crippen molar-refractivity contribution in [2.24, 2.45) is 0 Å². The summed E-state index contributed by atoms with van der Waals surface area (Å²) in [5.41, 5.74) is 2.83. The fourth-order valence-corrected chi connectivity index (χ4v) is 5.30. The summed E-state index contributed by atoms with van der Waals surface area (Å²) in [5.74, 6) is 1.03. The molecule has 1 heterocycles. The van der Waals surface area contributed by atoms with Crippen LogP contribution >= 0.6 is 0 Å². The van der Waals surface area contributed by atoms with E-state index in [0.717, 1.165) is 21.0 Å². The number of nitrogens with zero attached hydrogens (tertiary/aromatic N) is 1. The largest absolute Gasteiger partial charge is 0.495 e. The Kier molecular flexibility index (Phi) is 6.65. The van der Waals surface area contributed by atoms with Crippen molar-refractivity contribution >= 4 is 21.6 Å². The highest BCUT2D eigenvalue weighted by atomic mass is 32.2. The number of anilines is 1. The molecular formula is C25H26N2O6S. The number of rotatable bonds is 8. The lowest BCUT2D eigenvalue weighted by atomic mass is 10.2. The minimum absolute atomic E-state index is 0.0000714. The van der Waals surface area contributed by atoms with Crippen molar-refractivity contribution in [2.75, 3.05) is 24.8 Å². The third kappa shape index (κ3) is 4.94. The van der Waals surface area contributed by atoms with Gasteiger partial charge in [-0.1, -0.05) is 24.3 Å². The monoisotopic (exact) mass is 482 g/mol. The molecule has 1 aliphatic heterocycles. The smallest absolute Gasteiger partial charge is 0.268 e. The average molecular weight is 483 g/mol. The molecule has 1 aliphatic rings. The second-order valence-corrected chi connectivity index (χ2v) is 9.80. The molecule has 0 spiro atoms. The molecule has 34 heavy (non-hydrogen) atoms.